The van der Waals surface area contributed by atoms with E-state index in [4.69, 9.17) is 11.6 Å². The summed E-state index contributed by atoms with van der Waals surface area (Å²) in [5, 5.41) is 7.38. The molecule has 0 saturated carbocycles. The highest BCUT2D eigenvalue weighted by Gasteiger charge is 2.14. The van der Waals surface area contributed by atoms with Crippen LogP contribution in [0.15, 0.2) is 54.2 Å². The Labute approximate surface area is 155 Å². The van der Waals surface area contributed by atoms with Gasteiger partial charge in [-0.15, -0.1) is 11.3 Å². The Kier molecular flexibility index (Phi) is 4.15. The molecule has 0 aliphatic rings. The molecule has 2 aromatic heterocycles. The smallest absolute Gasteiger partial charge is 0.143 e. The molecule has 0 saturated heterocycles. The van der Waals surface area contributed by atoms with Crippen molar-refractivity contribution in [3.05, 3.63) is 70.3 Å². The molecule has 4 aromatic rings. The zero-order chi connectivity index (χ0) is 17.4. The summed E-state index contributed by atoms with van der Waals surface area (Å²) in [6, 6.07) is 14.2. The molecule has 1 N–H and O–H groups in total. The number of aryl methyl sites for hydroxylation is 2. The summed E-state index contributed by atoms with van der Waals surface area (Å²) in [6.07, 6.45) is 1.61. The number of rotatable bonds is 3. The van der Waals surface area contributed by atoms with E-state index in [-0.39, 0.29) is 0 Å². The largest absolute Gasteiger partial charge is 0.339 e. The minimum atomic E-state index is 0.730. The van der Waals surface area contributed by atoms with Gasteiger partial charge in [-0.05, 0) is 48.7 Å². The van der Waals surface area contributed by atoms with E-state index in [2.05, 4.69) is 52.7 Å². The van der Waals surface area contributed by atoms with Crippen molar-refractivity contribution in [3.63, 3.8) is 0 Å². The van der Waals surface area contributed by atoms with Crippen LogP contribution in [0.25, 0.3) is 21.3 Å². The minimum absolute atomic E-state index is 0.730. The fraction of sp³-hybridized carbons (Fsp3) is 0.100. The molecular weight excluding hydrogens is 350 g/mol. The summed E-state index contributed by atoms with van der Waals surface area (Å²) in [6.45, 7) is 4.18. The van der Waals surface area contributed by atoms with E-state index in [0.29, 0.717) is 0 Å². The summed E-state index contributed by atoms with van der Waals surface area (Å²) >= 11 is 7.65. The summed E-state index contributed by atoms with van der Waals surface area (Å²) in [4.78, 5) is 9.90. The van der Waals surface area contributed by atoms with Crippen LogP contribution in [0.2, 0.25) is 5.02 Å². The predicted octanol–water partition coefficient (Wildman–Crippen LogP) is 6.37. The van der Waals surface area contributed by atoms with Crippen LogP contribution < -0.4 is 5.32 Å². The number of hydrogen-bond acceptors (Lipinski definition) is 4. The number of thiophene rings is 1. The quantitative estimate of drug-likeness (QED) is 0.458. The van der Waals surface area contributed by atoms with Crippen molar-refractivity contribution in [1.29, 1.82) is 0 Å². The topological polar surface area (TPSA) is 37.8 Å². The lowest BCUT2D eigenvalue weighted by molar-refractivity contribution is 1.22. The molecule has 0 atom stereocenters. The van der Waals surface area contributed by atoms with Crippen molar-refractivity contribution in [3.8, 4) is 11.1 Å². The Morgan fingerprint density at radius 2 is 1.80 bits per heavy atom. The number of nitrogens with zero attached hydrogens (tertiary/aromatic N) is 2. The molecule has 124 valence electrons. The number of hydrogen-bond donors (Lipinski definition) is 1. The summed E-state index contributed by atoms with van der Waals surface area (Å²) in [7, 11) is 0. The van der Waals surface area contributed by atoms with Gasteiger partial charge in [0.15, 0.2) is 0 Å². The third-order valence-electron chi connectivity index (χ3n) is 4.17. The van der Waals surface area contributed by atoms with Gasteiger partial charge in [-0.25, -0.2) is 9.97 Å². The molecule has 3 nitrogen and oxygen atoms in total. The molecular formula is C20H16ClN3S. The molecule has 5 heteroatoms. The molecule has 25 heavy (non-hydrogen) atoms. The zero-order valence-electron chi connectivity index (χ0n) is 13.9. The Morgan fingerprint density at radius 3 is 2.60 bits per heavy atom. The van der Waals surface area contributed by atoms with Gasteiger partial charge in [-0.3, -0.25) is 0 Å². The van der Waals surface area contributed by atoms with Crippen LogP contribution in [0.3, 0.4) is 0 Å². The SMILES string of the molecule is Cc1ccc(C)c(Nc2ncnc3scc(-c4ccc(Cl)cc4)c23)c1. The molecule has 2 aromatic carbocycles. The third kappa shape index (κ3) is 3.11. The van der Waals surface area contributed by atoms with Gasteiger partial charge in [0.05, 0.1) is 5.39 Å². The first-order valence-corrected chi connectivity index (χ1v) is 9.20. The maximum absolute atomic E-state index is 6.03. The lowest BCUT2D eigenvalue weighted by Crippen LogP contribution is -1.98. The number of aromatic nitrogens is 2. The normalized spacial score (nSPS) is 11.0. The molecule has 0 unspecified atom stereocenters. The Morgan fingerprint density at radius 1 is 1.00 bits per heavy atom. The number of anilines is 2. The van der Waals surface area contributed by atoms with Crippen molar-refractivity contribution >= 4 is 44.7 Å². The van der Waals surface area contributed by atoms with E-state index < -0.39 is 0 Å². The van der Waals surface area contributed by atoms with Crippen LogP contribution in [0.5, 0.6) is 0 Å². The van der Waals surface area contributed by atoms with E-state index in [9.17, 15) is 0 Å². The predicted molar refractivity (Wildman–Crippen MR) is 107 cm³/mol. The maximum atomic E-state index is 6.03. The van der Waals surface area contributed by atoms with Crippen LogP contribution in [0.4, 0.5) is 11.5 Å². The highest BCUT2D eigenvalue weighted by Crippen LogP contribution is 2.38. The summed E-state index contributed by atoms with van der Waals surface area (Å²) < 4.78 is 0. The van der Waals surface area contributed by atoms with E-state index in [1.165, 1.54) is 11.1 Å². The van der Waals surface area contributed by atoms with Crippen LogP contribution in [0.1, 0.15) is 11.1 Å². The van der Waals surface area contributed by atoms with Gasteiger partial charge < -0.3 is 5.32 Å². The van der Waals surface area contributed by atoms with Crippen molar-refractivity contribution in [2.75, 3.05) is 5.32 Å². The Balaban J connectivity index is 1.85. The van der Waals surface area contributed by atoms with E-state index in [0.717, 1.165) is 37.9 Å². The van der Waals surface area contributed by atoms with Gasteiger partial charge in [0.1, 0.15) is 17.0 Å². The maximum Gasteiger partial charge on any atom is 0.143 e. The lowest BCUT2D eigenvalue weighted by atomic mass is 10.1. The van der Waals surface area contributed by atoms with Crippen molar-refractivity contribution in [2.45, 2.75) is 13.8 Å². The van der Waals surface area contributed by atoms with Crippen molar-refractivity contribution in [2.24, 2.45) is 0 Å². The van der Waals surface area contributed by atoms with Gasteiger partial charge in [0.2, 0.25) is 0 Å². The molecule has 2 heterocycles. The molecule has 0 amide bonds. The molecule has 0 radical (unpaired) electrons. The van der Waals surface area contributed by atoms with Gasteiger partial charge >= 0.3 is 0 Å². The molecule has 4 rings (SSSR count). The highest BCUT2D eigenvalue weighted by atomic mass is 35.5. The summed E-state index contributed by atoms with van der Waals surface area (Å²) in [5.41, 5.74) is 5.68. The molecule has 0 aliphatic heterocycles. The van der Waals surface area contributed by atoms with Crippen molar-refractivity contribution < 1.29 is 0 Å². The highest BCUT2D eigenvalue weighted by molar-refractivity contribution is 7.17. The van der Waals surface area contributed by atoms with E-state index in [1.54, 1.807) is 17.7 Å². The molecule has 0 fully saturated rings. The first-order chi connectivity index (χ1) is 12.1. The summed E-state index contributed by atoms with van der Waals surface area (Å²) in [5.74, 6) is 0.824. The third-order valence-corrected chi connectivity index (χ3v) is 5.31. The van der Waals surface area contributed by atoms with Crippen LogP contribution in [-0.2, 0) is 0 Å². The van der Waals surface area contributed by atoms with Gasteiger partial charge in [-0.2, -0.15) is 0 Å². The number of nitrogens with one attached hydrogen (secondary N) is 1. The van der Waals surface area contributed by atoms with Gasteiger partial charge in [0.25, 0.3) is 0 Å². The van der Waals surface area contributed by atoms with Crippen LogP contribution in [-0.4, -0.2) is 9.97 Å². The Bertz CT molecular complexity index is 1050. The number of fused-ring (bicyclic) bond motifs is 1. The minimum Gasteiger partial charge on any atom is -0.339 e. The fourth-order valence-electron chi connectivity index (χ4n) is 2.81. The standard InChI is InChI=1S/C20H16ClN3S/c1-12-3-4-13(2)17(9-12)24-19-18-16(10-25-20(18)23-11-22-19)14-5-7-15(21)8-6-14/h3-11H,1-2H3,(H,22,23,24). The monoisotopic (exact) mass is 365 g/mol. The van der Waals surface area contributed by atoms with Gasteiger partial charge in [0, 0.05) is 21.7 Å². The first kappa shape index (κ1) is 16.1. The second kappa shape index (κ2) is 6.47. The number of halogens is 1. The molecule has 0 bridgehead atoms. The van der Waals surface area contributed by atoms with E-state index >= 15 is 0 Å². The number of benzene rings is 2. The zero-order valence-corrected chi connectivity index (χ0v) is 15.4. The molecule has 0 spiro atoms. The Hall–Kier alpha value is -2.43. The first-order valence-electron chi connectivity index (χ1n) is 7.94. The fourth-order valence-corrected chi connectivity index (χ4v) is 3.85. The average Bonchev–Trinajstić information content (AvgIpc) is 3.04. The second-order valence-corrected chi connectivity index (χ2v) is 7.30. The van der Waals surface area contributed by atoms with Crippen LogP contribution >= 0.6 is 22.9 Å². The van der Waals surface area contributed by atoms with Crippen LogP contribution in [0, 0.1) is 13.8 Å². The second-order valence-electron chi connectivity index (χ2n) is 6.00. The molecule has 0 aliphatic carbocycles. The van der Waals surface area contributed by atoms with Gasteiger partial charge in [-0.1, -0.05) is 35.9 Å². The average molecular weight is 366 g/mol. The lowest BCUT2D eigenvalue weighted by Gasteiger charge is -2.11. The van der Waals surface area contributed by atoms with E-state index in [1.807, 2.05) is 24.3 Å². The van der Waals surface area contributed by atoms with Crippen molar-refractivity contribution in [1.82, 2.24) is 9.97 Å².